The smallest absolute Gasteiger partial charge is 0.240 e. The van der Waals surface area contributed by atoms with Gasteiger partial charge in [0.2, 0.25) is 11.8 Å². The van der Waals surface area contributed by atoms with Gasteiger partial charge < -0.3 is 4.90 Å². The van der Waals surface area contributed by atoms with Crippen molar-refractivity contribution in [3.8, 4) is 0 Å². The predicted octanol–water partition coefficient (Wildman–Crippen LogP) is 6.18. The Morgan fingerprint density at radius 2 is 1.61 bits per heavy atom. The van der Waals surface area contributed by atoms with Crippen molar-refractivity contribution in [2.75, 3.05) is 4.90 Å². The molecule has 0 aliphatic carbocycles. The molecule has 6 rings (SSSR count). The van der Waals surface area contributed by atoms with Crippen LogP contribution in [0.15, 0.2) is 66.9 Å². The molecule has 0 radical (unpaired) electrons. The third kappa shape index (κ3) is 3.32. The maximum atomic E-state index is 13.9. The Kier molecular flexibility index (Phi) is 5.45. The van der Waals surface area contributed by atoms with Crippen molar-refractivity contribution in [2.45, 2.75) is 12.1 Å². The van der Waals surface area contributed by atoms with Crippen molar-refractivity contribution in [3.05, 3.63) is 104 Å². The molecule has 3 aliphatic rings. The van der Waals surface area contributed by atoms with Crippen LogP contribution in [-0.4, -0.2) is 28.5 Å². The van der Waals surface area contributed by atoms with E-state index >= 15 is 0 Å². The summed E-state index contributed by atoms with van der Waals surface area (Å²) in [4.78, 5) is 44.4. The van der Waals surface area contributed by atoms with Crippen LogP contribution in [0.5, 0.6) is 0 Å². The molecule has 5 nitrogen and oxygen atoms in total. The average Bonchev–Trinajstić information content (AvgIpc) is 3.33. The van der Waals surface area contributed by atoms with Gasteiger partial charge in [0.05, 0.1) is 33.6 Å². The highest BCUT2D eigenvalue weighted by atomic mass is 35.5. The fraction of sp³-hybridized carbons (Fsp3) is 0.148. The average molecular weight is 542 g/mol. The molecule has 0 saturated carbocycles. The second-order valence-electron chi connectivity index (χ2n) is 8.93. The van der Waals surface area contributed by atoms with E-state index in [-0.39, 0.29) is 21.3 Å². The van der Waals surface area contributed by atoms with Crippen LogP contribution in [0.2, 0.25) is 15.1 Å². The van der Waals surface area contributed by atoms with Gasteiger partial charge in [-0.15, -0.1) is 0 Å². The summed E-state index contributed by atoms with van der Waals surface area (Å²) >= 11 is 18.4. The van der Waals surface area contributed by atoms with Gasteiger partial charge in [0.25, 0.3) is 0 Å². The predicted molar refractivity (Wildman–Crippen MR) is 136 cm³/mol. The highest BCUT2D eigenvalue weighted by Gasteiger charge is 2.64. The Morgan fingerprint density at radius 3 is 2.36 bits per heavy atom. The van der Waals surface area contributed by atoms with Crippen molar-refractivity contribution < 1.29 is 18.8 Å². The summed E-state index contributed by atoms with van der Waals surface area (Å²) in [7, 11) is 0. The lowest BCUT2D eigenvalue weighted by Crippen LogP contribution is -2.44. The Bertz CT molecular complexity index is 1510. The summed E-state index contributed by atoms with van der Waals surface area (Å²) in [5, 5.41) is 0.322. The number of Topliss-reactive ketones (excluding diaryl/α,β-unsaturated/α-hetero) is 1. The number of halogens is 4. The quantitative estimate of drug-likeness (QED) is 0.293. The number of anilines is 1. The molecule has 4 atom stereocenters. The van der Waals surface area contributed by atoms with Crippen molar-refractivity contribution in [1.29, 1.82) is 0 Å². The van der Waals surface area contributed by atoms with Gasteiger partial charge in [-0.1, -0.05) is 59.1 Å². The maximum absolute atomic E-state index is 13.9. The normalized spacial score (nSPS) is 24.1. The molecule has 0 N–H and O–H groups in total. The third-order valence-electron chi connectivity index (χ3n) is 7.09. The van der Waals surface area contributed by atoms with E-state index in [0.717, 1.165) is 22.1 Å². The summed E-state index contributed by atoms with van der Waals surface area (Å²) in [6.45, 7) is 0. The molecule has 0 bridgehead atoms. The molecule has 2 saturated heterocycles. The summed E-state index contributed by atoms with van der Waals surface area (Å²) in [6.07, 6.45) is 3.63. The fourth-order valence-corrected chi connectivity index (χ4v) is 6.26. The van der Waals surface area contributed by atoms with Gasteiger partial charge in [0.15, 0.2) is 5.78 Å². The molecule has 3 aromatic rings. The van der Waals surface area contributed by atoms with Crippen molar-refractivity contribution in [3.63, 3.8) is 0 Å². The second kappa shape index (κ2) is 8.44. The summed E-state index contributed by atoms with van der Waals surface area (Å²) < 4.78 is 13.8. The number of rotatable bonds is 3. The highest BCUT2D eigenvalue weighted by Crippen LogP contribution is 2.54. The number of nitrogens with zero attached hydrogens (tertiary/aromatic N) is 2. The molecule has 36 heavy (non-hydrogen) atoms. The van der Waals surface area contributed by atoms with Crippen LogP contribution >= 0.6 is 34.8 Å². The summed E-state index contributed by atoms with van der Waals surface area (Å²) in [5.41, 5.74) is 2.11. The van der Waals surface area contributed by atoms with Gasteiger partial charge in [-0.25, -0.2) is 9.29 Å². The Labute approximate surface area is 220 Å². The Hall–Kier alpha value is -3.19. The minimum absolute atomic E-state index is 0.160. The first-order valence-corrected chi connectivity index (χ1v) is 12.3. The van der Waals surface area contributed by atoms with E-state index in [1.807, 2.05) is 30.3 Å². The van der Waals surface area contributed by atoms with Gasteiger partial charge in [-0.2, -0.15) is 0 Å². The van der Waals surface area contributed by atoms with E-state index in [0.29, 0.717) is 5.02 Å². The molecule has 2 amide bonds. The molecule has 9 heteroatoms. The van der Waals surface area contributed by atoms with Crippen LogP contribution in [0.25, 0.3) is 6.08 Å². The van der Waals surface area contributed by atoms with Gasteiger partial charge >= 0.3 is 0 Å². The van der Waals surface area contributed by atoms with Gasteiger partial charge in [-0.05, 0) is 53.6 Å². The molecule has 2 fully saturated rings. The molecular weight excluding hydrogens is 526 g/mol. The van der Waals surface area contributed by atoms with E-state index < -0.39 is 47.3 Å². The number of ketones is 1. The van der Waals surface area contributed by atoms with E-state index in [9.17, 15) is 18.8 Å². The largest absolute Gasteiger partial charge is 0.358 e. The Morgan fingerprint density at radius 1 is 0.861 bits per heavy atom. The molecule has 180 valence electrons. The molecule has 3 aliphatic heterocycles. The Balaban J connectivity index is 1.51. The number of fused-ring (bicyclic) bond motifs is 5. The molecule has 0 spiro atoms. The van der Waals surface area contributed by atoms with Gasteiger partial charge in [-0.3, -0.25) is 14.4 Å². The van der Waals surface area contributed by atoms with E-state index in [1.54, 1.807) is 17.2 Å². The molecule has 3 aromatic carbocycles. The van der Waals surface area contributed by atoms with Crippen LogP contribution in [0.3, 0.4) is 0 Å². The summed E-state index contributed by atoms with van der Waals surface area (Å²) in [6, 6.07) is 14.2. The topological polar surface area (TPSA) is 57.7 Å². The number of carbonyl (C=O) groups is 3. The number of hydrogen-bond donors (Lipinski definition) is 0. The SMILES string of the molecule is O=C(c1ccc(Cl)cc1Cl)C1C2C(=O)N(c3ccc(F)c(Cl)c3)C(=O)C2C2c3ccccc3C=CN12. The zero-order chi connectivity index (χ0) is 25.3. The molecule has 3 heterocycles. The first kappa shape index (κ1) is 23.2. The molecule has 4 unspecified atom stereocenters. The van der Waals surface area contributed by atoms with Crippen LogP contribution in [0.1, 0.15) is 27.5 Å². The zero-order valence-corrected chi connectivity index (χ0v) is 20.6. The number of carbonyl (C=O) groups excluding carboxylic acids is 3. The number of benzene rings is 3. The minimum Gasteiger partial charge on any atom is -0.358 e. The lowest BCUT2D eigenvalue weighted by atomic mass is 9.83. The fourth-order valence-electron chi connectivity index (χ4n) is 5.58. The van der Waals surface area contributed by atoms with E-state index in [4.69, 9.17) is 34.8 Å². The van der Waals surface area contributed by atoms with Gasteiger partial charge in [0, 0.05) is 16.8 Å². The monoisotopic (exact) mass is 540 g/mol. The maximum Gasteiger partial charge on any atom is 0.240 e. The molecule has 0 aromatic heterocycles. The number of imide groups is 1. The van der Waals surface area contributed by atoms with Crippen molar-refractivity contribution in [2.24, 2.45) is 11.8 Å². The van der Waals surface area contributed by atoms with Crippen molar-refractivity contribution in [1.82, 2.24) is 4.90 Å². The zero-order valence-electron chi connectivity index (χ0n) is 18.4. The second-order valence-corrected chi connectivity index (χ2v) is 10.2. The van der Waals surface area contributed by atoms with E-state index in [2.05, 4.69) is 0 Å². The van der Waals surface area contributed by atoms with Crippen LogP contribution < -0.4 is 4.90 Å². The standard InChI is InChI=1S/C27H16Cl3FN2O3/c28-14-5-7-17(18(29)11-14)25(34)24-22-21(23-16-4-2-1-3-13(16)9-10-32(23)24)26(35)33(27(22)36)15-6-8-20(31)19(30)12-15/h1-12,21-24H. The van der Waals surface area contributed by atoms with Crippen molar-refractivity contribution >= 4 is 64.2 Å². The lowest BCUT2D eigenvalue weighted by molar-refractivity contribution is -0.123. The lowest BCUT2D eigenvalue weighted by Gasteiger charge is -2.35. The number of amides is 2. The van der Waals surface area contributed by atoms with E-state index in [1.165, 1.54) is 24.3 Å². The first-order chi connectivity index (χ1) is 17.3. The first-order valence-electron chi connectivity index (χ1n) is 11.1. The van der Waals surface area contributed by atoms with Gasteiger partial charge in [0.1, 0.15) is 11.9 Å². The number of hydrogen-bond acceptors (Lipinski definition) is 4. The molecular formula is C27H16Cl3FN2O3. The van der Waals surface area contributed by atoms with Crippen LogP contribution in [0.4, 0.5) is 10.1 Å². The third-order valence-corrected chi connectivity index (χ3v) is 7.93. The summed E-state index contributed by atoms with van der Waals surface area (Å²) in [5.74, 6) is -3.89. The van der Waals surface area contributed by atoms with Crippen LogP contribution in [-0.2, 0) is 9.59 Å². The highest BCUT2D eigenvalue weighted by molar-refractivity contribution is 6.37. The van der Waals surface area contributed by atoms with Crippen LogP contribution in [0, 0.1) is 17.7 Å². The minimum atomic E-state index is -0.986.